The third-order valence-electron chi connectivity index (χ3n) is 0.932. The first-order valence-electron chi connectivity index (χ1n) is 3.27. The number of carboxylic acid groups (broad SMARTS) is 1. The average molecular weight is 174 g/mol. The Bertz CT molecular complexity index is 184. The van der Waals surface area contributed by atoms with Crippen LogP contribution in [0.4, 0.5) is 4.79 Å². The molecular formula is C7H10O5. The summed E-state index contributed by atoms with van der Waals surface area (Å²) in [4.78, 5) is 20.3. The van der Waals surface area contributed by atoms with Gasteiger partial charge < -0.3 is 14.6 Å². The molecule has 5 heteroatoms. The van der Waals surface area contributed by atoms with Gasteiger partial charge in [-0.05, 0) is 0 Å². The quantitative estimate of drug-likeness (QED) is 0.387. The van der Waals surface area contributed by atoms with E-state index in [1.807, 2.05) is 0 Å². The normalized spacial score (nSPS) is 9.75. The van der Waals surface area contributed by atoms with Crippen molar-refractivity contribution < 1.29 is 24.2 Å². The van der Waals surface area contributed by atoms with Gasteiger partial charge in [0.1, 0.15) is 0 Å². The molecule has 68 valence electrons. The van der Waals surface area contributed by atoms with Gasteiger partial charge in [-0.25, -0.2) is 9.59 Å². The first kappa shape index (κ1) is 10.5. The van der Waals surface area contributed by atoms with Crippen molar-refractivity contribution in [2.24, 2.45) is 0 Å². The zero-order chi connectivity index (χ0) is 9.40. The van der Waals surface area contributed by atoms with Gasteiger partial charge in [0.05, 0.1) is 13.7 Å². The van der Waals surface area contributed by atoms with Crippen LogP contribution in [0.3, 0.4) is 0 Å². The molecule has 0 atom stereocenters. The van der Waals surface area contributed by atoms with Crippen molar-refractivity contribution in [1.29, 1.82) is 0 Å². The number of ether oxygens (including phenoxy) is 2. The van der Waals surface area contributed by atoms with Crippen LogP contribution in [0.15, 0.2) is 12.2 Å². The largest absolute Gasteiger partial charge is 0.507 e. The Labute approximate surface area is 69.6 Å². The van der Waals surface area contributed by atoms with Crippen molar-refractivity contribution in [2.75, 3.05) is 13.7 Å². The maximum absolute atomic E-state index is 10.3. The van der Waals surface area contributed by atoms with Crippen LogP contribution < -0.4 is 0 Å². The molecule has 0 aliphatic heterocycles. The maximum Gasteiger partial charge on any atom is 0.507 e. The Hall–Kier alpha value is -1.52. The van der Waals surface area contributed by atoms with Gasteiger partial charge >= 0.3 is 12.1 Å². The van der Waals surface area contributed by atoms with Gasteiger partial charge in [-0.15, -0.1) is 0 Å². The van der Waals surface area contributed by atoms with Crippen molar-refractivity contribution in [2.45, 2.75) is 6.42 Å². The fourth-order valence-electron chi connectivity index (χ4n) is 0.453. The number of carbonyl (C=O) groups excluding carboxylic acids is 1. The zero-order valence-electron chi connectivity index (χ0n) is 6.65. The van der Waals surface area contributed by atoms with Crippen molar-refractivity contribution >= 4 is 12.1 Å². The summed E-state index contributed by atoms with van der Waals surface area (Å²) < 4.78 is 8.64. The van der Waals surface area contributed by atoms with Gasteiger partial charge in [0.2, 0.25) is 0 Å². The number of rotatable bonds is 4. The van der Waals surface area contributed by atoms with Crippen LogP contribution in [0.1, 0.15) is 6.42 Å². The van der Waals surface area contributed by atoms with E-state index in [2.05, 4.69) is 9.47 Å². The number of methoxy groups -OCH3 is 1. The second kappa shape index (κ2) is 6.21. The molecule has 5 nitrogen and oxygen atoms in total. The smallest absolute Gasteiger partial charge is 0.478 e. The molecule has 0 saturated carbocycles. The van der Waals surface area contributed by atoms with Gasteiger partial charge in [0.25, 0.3) is 0 Å². The van der Waals surface area contributed by atoms with E-state index in [9.17, 15) is 9.59 Å². The molecule has 0 heterocycles. The lowest BCUT2D eigenvalue weighted by Gasteiger charge is -1.98. The molecule has 0 amide bonds. The summed E-state index contributed by atoms with van der Waals surface area (Å²) in [6.45, 7) is 0.121. The Morgan fingerprint density at radius 1 is 1.50 bits per heavy atom. The third-order valence-corrected chi connectivity index (χ3v) is 0.932. The van der Waals surface area contributed by atoms with Crippen molar-refractivity contribution in [3.05, 3.63) is 12.2 Å². The number of hydrogen-bond acceptors (Lipinski definition) is 4. The predicted octanol–water partition coefficient (Wildman–Crippen LogP) is 0.800. The Morgan fingerprint density at radius 2 is 2.17 bits per heavy atom. The minimum absolute atomic E-state index is 0.121. The molecule has 0 rings (SSSR count). The number of hydrogen-bond donors (Lipinski definition) is 1. The van der Waals surface area contributed by atoms with Crippen LogP contribution in [0.25, 0.3) is 0 Å². The standard InChI is InChI=1S/C7H10O5/c1-11-7(10)12-5-3-2-4-6(8)9/h2,4H,3,5H2,1H3,(H,8,9). The molecule has 0 aromatic heterocycles. The minimum atomic E-state index is -1.02. The summed E-state index contributed by atoms with van der Waals surface area (Å²) in [5.41, 5.74) is 0. The molecule has 0 spiro atoms. The SMILES string of the molecule is COC(=O)OCCC=CC(=O)O. The molecule has 0 aromatic rings. The first-order valence-corrected chi connectivity index (χ1v) is 3.27. The van der Waals surface area contributed by atoms with E-state index in [-0.39, 0.29) is 6.61 Å². The lowest BCUT2D eigenvalue weighted by atomic mass is 10.4. The van der Waals surface area contributed by atoms with Crippen molar-refractivity contribution in [3.63, 3.8) is 0 Å². The summed E-state index contributed by atoms with van der Waals surface area (Å²) in [6.07, 6.45) is 1.98. The van der Waals surface area contributed by atoms with Gasteiger partial charge in [-0.1, -0.05) is 6.08 Å². The molecule has 0 saturated heterocycles. The third kappa shape index (κ3) is 6.60. The molecule has 0 aromatic carbocycles. The molecule has 0 radical (unpaired) electrons. The highest BCUT2D eigenvalue weighted by Gasteiger charge is 1.96. The molecule has 0 fully saturated rings. The van der Waals surface area contributed by atoms with Gasteiger partial charge in [-0.3, -0.25) is 0 Å². The average Bonchev–Trinajstić information content (AvgIpc) is 2.03. The topological polar surface area (TPSA) is 72.8 Å². The van der Waals surface area contributed by atoms with Crippen LogP contribution in [0, 0.1) is 0 Å². The molecule has 0 aliphatic rings. The van der Waals surface area contributed by atoms with E-state index in [1.165, 1.54) is 13.2 Å². The van der Waals surface area contributed by atoms with Gasteiger partial charge in [0, 0.05) is 12.5 Å². The maximum atomic E-state index is 10.3. The molecular weight excluding hydrogens is 164 g/mol. The van der Waals surface area contributed by atoms with Crippen molar-refractivity contribution in [1.82, 2.24) is 0 Å². The highest BCUT2D eigenvalue weighted by molar-refractivity contribution is 5.79. The van der Waals surface area contributed by atoms with E-state index in [0.29, 0.717) is 6.42 Å². The number of carbonyl (C=O) groups is 2. The fourth-order valence-corrected chi connectivity index (χ4v) is 0.453. The Balaban J connectivity index is 3.33. The molecule has 0 bridgehead atoms. The molecule has 1 N–H and O–H groups in total. The Kier molecular flexibility index (Phi) is 5.42. The predicted molar refractivity (Wildman–Crippen MR) is 39.7 cm³/mol. The van der Waals surface area contributed by atoms with Gasteiger partial charge in [-0.2, -0.15) is 0 Å². The monoisotopic (exact) mass is 174 g/mol. The first-order chi connectivity index (χ1) is 5.66. The highest BCUT2D eigenvalue weighted by atomic mass is 16.7. The van der Waals surface area contributed by atoms with E-state index in [0.717, 1.165) is 6.08 Å². The van der Waals surface area contributed by atoms with Crippen LogP contribution in [0.2, 0.25) is 0 Å². The minimum Gasteiger partial charge on any atom is -0.478 e. The number of aliphatic carboxylic acids is 1. The molecule has 0 unspecified atom stereocenters. The Morgan fingerprint density at radius 3 is 2.67 bits per heavy atom. The molecule has 12 heavy (non-hydrogen) atoms. The summed E-state index contributed by atoms with van der Waals surface area (Å²) in [7, 11) is 1.20. The van der Waals surface area contributed by atoms with E-state index in [4.69, 9.17) is 5.11 Å². The summed E-state index contributed by atoms with van der Waals surface area (Å²) in [5, 5.41) is 8.15. The summed E-state index contributed by atoms with van der Waals surface area (Å²) in [5.74, 6) is -1.02. The van der Waals surface area contributed by atoms with Crippen molar-refractivity contribution in [3.8, 4) is 0 Å². The zero-order valence-corrected chi connectivity index (χ0v) is 6.65. The lowest BCUT2D eigenvalue weighted by Crippen LogP contribution is -2.04. The second-order valence-corrected chi connectivity index (χ2v) is 1.83. The van der Waals surface area contributed by atoms with E-state index in [1.54, 1.807) is 0 Å². The summed E-state index contributed by atoms with van der Waals surface area (Å²) in [6, 6.07) is 0. The molecule has 0 aliphatic carbocycles. The van der Waals surface area contributed by atoms with Crippen LogP contribution in [0.5, 0.6) is 0 Å². The number of carboxylic acids is 1. The van der Waals surface area contributed by atoms with E-state index >= 15 is 0 Å². The second-order valence-electron chi connectivity index (χ2n) is 1.83. The lowest BCUT2D eigenvalue weighted by molar-refractivity contribution is -0.131. The van der Waals surface area contributed by atoms with Crippen LogP contribution in [-0.4, -0.2) is 30.9 Å². The summed E-state index contributed by atoms with van der Waals surface area (Å²) >= 11 is 0. The van der Waals surface area contributed by atoms with Gasteiger partial charge in [0.15, 0.2) is 0 Å². The van der Waals surface area contributed by atoms with E-state index < -0.39 is 12.1 Å². The fraction of sp³-hybridized carbons (Fsp3) is 0.429. The highest BCUT2D eigenvalue weighted by Crippen LogP contribution is 1.88. The van der Waals surface area contributed by atoms with Crippen LogP contribution >= 0.6 is 0 Å². The van der Waals surface area contributed by atoms with Crippen LogP contribution in [-0.2, 0) is 14.3 Å².